The van der Waals surface area contributed by atoms with Crippen LogP contribution in [-0.4, -0.2) is 125 Å². The number of cyclic esters (lactones) is 1. The first-order valence-electron chi connectivity index (χ1n) is 18.6. The number of esters is 1. The van der Waals surface area contributed by atoms with Crippen molar-refractivity contribution in [3.8, 4) is 0 Å². The van der Waals surface area contributed by atoms with Gasteiger partial charge in [-0.25, -0.2) is 4.79 Å². The number of nitrogens with two attached hydrogens (primary N) is 1. The fourth-order valence-electron chi connectivity index (χ4n) is 8.43. The summed E-state index contributed by atoms with van der Waals surface area (Å²) in [5, 5.41) is 34.0. The quantitative estimate of drug-likeness (QED) is 0.271. The number of amides is 1. The normalized spacial score (nSPS) is 42.6. The maximum absolute atomic E-state index is 14.1. The zero-order chi connectivity index (χ0) is 39.7. The predicted molar refractivity (Wildman–Crippen MR) is 192 cm³/mol. The van der Waals surface area contributed by atoms with Crippen LogP contribution in [-0.2, 0) is 38.0 Å². The van der Waals surface area contributed by atoms with Gasteiger partial charge in [-0.05, 0) is 92.0 Å². The SMILES string of the molecule is CC[C@H]1OC(=O)[C@H](C)[C@@H](O[C@H]2CC(C)(C)[C@@H](O)[C@H](C)O2)[C@H](C)[C@@H](O[C@@H]2O[C@H](C)C[C@H](N(C)C)[C@H]2O)[C@](C)(OC(N)=O)C[C@@H](C)C(=O)/C(C)=C/[C@]1(C)O.[Ac].[Ac].[Ac]. The first-order chi connectivity index (χ1) is 23.8. The zero-order valence-electron chi connectivity index (χ0n) is 35.2. The molecule has 3 heterocycles. The predicted octanol–water partition coefficient (Wildman–Crippen LogP) is 3.46. The Morgan fingerprint density at radius 3 is 2.07 bits per heavy atom. The van der Waals surface area contributed by atoms with E-state index in [1.165, 1.54) is 13.0 Å². The Kier molecular flexibility index (Phi) is 24.5. The standard InChI is InChI=1S/C38H66N2O12.3Ac/c1-14-26-37(10,46)16-19(2)28(41)20(3)17-38(11,52-35(39)45)32(51-34-29(42)25(40(12)13)15-21(4)47-34)22(5)30(23(6)33(44)49-26)50-27-18-36(8,9)31(43)24(7)48-27;;;/h16,20-27,29-32,34,42-43,46H,14-15,17-18H2,1-13H3,(H2,39,45);;;/b19-16+;;;/t20-,21-,22+,23-,24+,25+,26-,27+,29-,30+,31+,32-,34+,37+,38-;;;/m1.../s1. The molecule has 2 fully saturated rings. The zero-order valence-corrected chi connectivity index (χ0v) is 49.4. The van der Waals surface area contributed by atoms with E-state index in [0.29, 0.717) is 6.42 Å². The van der Waals surface area contributed by atoms with Crippen LogP contribution in [0.5, 0.6) is 0 Å². The van der Waals surface area contributed by atoms with Crippen LogP contribution in [0.3, 0.4) is 0 Å². The van der Waals surface area contributed by atoms with Crippen molar-refractivity contribution in [1.29, 1.82) is 0 Å². The number of likely N-dealkylation sites (N-methyl/N-ethyl adjacent to an activating group) is 1. The monoisotopic (exact) mass is 1420 g/mol. The maximum atomic E-state index is 14.1. The second kappa shape index (κ2) is 23.6. The number of aliphatic hydroxyl groups is 3. The summed E-state index contributed by atoms with van der Waals surface area (Å²) >= 11 is 0. The fraction of sp³-hybridized carbons (Fsp3) is 0.868. The molecule has 55 heavy (non-hydrogen) atoms. The minimum atomic E-state index is -1.70. The van der Waals surface area contributed by atoms with Gasteiger partial charge in [-0.1, -0.05) is 34.6 Å². The number of hydrogen-bond acceptors (Lipinski definition) is 13. The van der Waals surface area contributed by atoms with E-state index < -0.39 is 95.6 Å². The van der Waals surface area contributed by atoms with E-state index in [4.69, 9.17) is 34.2 Å². The molecule has 3 aliphatic heterocycles. The molecule has 17 heteroatoms. The molecule has 3 rings (SSSR count). The van der Waals surface area contributed by atoms with Crippen molar-refractivity contribution in [2.75, 3.05) is 14.1 Å². The average Bonchev–Trinajstić information content (AvgIpc) is 3.02. The van der Waals surface area contributed by atoms with E-state index in [9.17, 15) is 29.7 Å². The van der Waals surface area contributed by atoms with Gasteiger partial charge in [0.05, 0.1) is 30.3 Å². The van der Waals surface area contributed by atoms with Gasteiger partial charge in [0.1, 0.15) is 29.5 Å². The summed E-state index contributed by atoms with van der Waals surface area (Å²) in [7, 11) is 3.69. The van der Waals surface area contributed by atoms with Crippen LogP contribution in [0.2, 0.25) is 0 Å². The Bertz CT molecular complexity index is 1310. The Labute approximate surface area is 435 Å². The van der Waals surface area contributed by atoms with Crippen molar-refractivity contribution in [2.45, 2.75) is 174 Å². The largest absolute Gasteiger partial charge is 0.459 e. The van der Waals surface area contributed by atoms with Gasteiger partial charge in [0.2, 0.25) is 0 Å². The minimum Gasteiger partial charge on any atom is -0.459 e. The summed E-state index contributed by atoms with van der Waals surface area (Å²) in [6.45, 7) is 18.9. The molecule has 0 aromatic heterocycles. The van der Waals surface area contributed by atoms with Crippen LogP contribution in [0, 0.1) is 155 Å². The smallest absolute Gasteiger partial charge is 0.405 e. The average molecular weight is 1420 g/mol. The molecule has 0 aromatic rings. The van der Waals surface area contributed by atoms with Gasteiger partial charge in [-0.3, -0.25) is 9.59 Å². The molecule has 1 amide bonds. The summed E-state index contributed by atoms with van der Waals surface area (Å²) in [5.74, 6) is -3.69. The van der Waals surface area contributed by atoms with Crippen LogP contribution < -0.4 is 5.73 Å². The van der Waals surface area contributed by atoms with E-state index in [1.807, 2.05) is 39.8 Å². The molecular weight excluding hydrogens is 1360 g/mol. The summed E-state index contributed by atoms with van der Waals surface area (Å²) in [6.07, 6.45) is -6.98. The fourth-order valence-corrected chi connectivity index (χ4v) is 8.43. The summed E-state index contributed by atoms with van der Waals surface area (Å²) in [4.78, 5) is 42.6. The number of aliphatic hydroxyl groups excluding tert-OH is 2. The summed E-state index contributed by atoms with van der Waals surface area (Å²) in [5.41, 5.74) is 1.96. The van der Waals surface area contributed by atoms with Crippen molar-refractivity contribution >= 4 is 17.8 Å². The first-order valence-corrected chi connectivity index (χ1v) is 18.6. The molecular formula is C38H66Ac3N2O12. The third kappa shape index (κ3) is 14.6. The van der Waals surface area contributed by atoms with Crippen LogP contribution in [0.15, 0.2) is 11.6 Å². The number of primary amides is 1. The second-order valence-corrected chi connectivity index (χ2v) is 16.9. The number of carbonyl (C=O) groups is 3. The molecule has 3 radical (unpaired) electrons. The van der Waals surface area contributed by atoms with Gasteiger partial charge in [0, 0.05) is 156 Å². The van der Waals surface area contributed by atoms with Gasteiger partial charge in [0.15, 0.2) is 18.4 Å². The number of hydrogen-bond donors (Lipinski definition) is 4. The minimum absolute atomic E-state index is 0. The van der Waals surface area contributed by atoms with Gasteiger partial charge >= 0.3 is 12.1 Å². The van der Waals surface area contributed by atoms with Crippen molar-refractivity contribution in [1.82, 2.24) is 4.90 Å². The van der Waals surface area contributed by atoms with Gasteiger partial charge in [-0.15, -0.1) is 0 Å². The third-order valence-corrected chi connectivity index (χ3v) is 11.3. The van der Waals surface area contributed by atoms with Crippen molar-refractivity contribution in [2.24, 2.45) is 28.9 Å². The number of allylic oxidation sites excluding steroid dienone is 1. The van der Waals surface area contributed by atoms with Gasteiger partial charge in [0.25, 0.3) is 0 Å². The van der Waals surface area contributed by atoms with Crippen LogP contribution in [0.1, 0.15) is 102 Å². The molecule has 5 N–H and O–H groups in total. The molecule has 14 nitrogen and oxygen atoms in total. The molecule has 309 valence electrons. The molecule has 0 aliphatic carbocycles. The first kappa shape index (κ1) is 57.2. The number of Topliss-reactive ketones (excluding diaryl/α,β-unsaturated/α-hetero) is 1. The van der Waals surface area contributed by atoms with Gasteiger partial charge < -0.3 is 54.4 Å². The molecule has 3 aliphatic rings. The van der Waals surface area contributed by atoms with Crippen LogP contribution in [0.4, 0.5) is 4.79 Å². The molecule has 15 atom stereocenters. The van der Waals surface area contributed by atoms with E-state index >= 15 is 0 Å². The van der Waals surface area contributed by atoms with Crippen molar-refractivity contribution in [3.63, 3.8) is 0 Å². The van der Waals surface area contributed by atoms with E-state index in [1.54, 1.807) is 48.5 Å². The Morgan fingerprint density at radius 1 is 0.982 bits per heavy atom. The molecule has 0 unspecified atom stereocenters. The molecule has 2 saturated heterocycles. The summed E-state index contributed by atoms with van der Waals surface area (Å²) in [6, 6.07) is -0.343. The Morgan fingerprint density at radius 2 is 1.56 bits per heavy atom. The Hall–Kier alpha value is 2.15. The van der Waals surface area contributed by atoms with E-state index in [0.717, 1.165) is 0 Å². The van der Waals surface area contributed by atoms with Gasteiger partial charge in [-0.2, -0.15) is 0 Å². The van der Waals surface area contributed by atoms with Crippen molar-refractivity contribution in [3.05, 3.63) is 11.6 Å². The molecule has 0 aromatic carbocycles. The number of ether oxygens (including phenoxy) is 6. The second-order valence-electron chi connectivity index (χ2n) is 16.9. The number of nitrogens with zero attached hydrogens (tertiary/aromatic N) is 1. The molecule has 0 spiro atoms. The molecule has 0 saturated carbocycles. The number of ketones is 1. The maximum Gasteiger partial charge on any atom is 0.405 e. The summed E-state index contributed by atoms with van der Waals surface area (Å²) < 4.78 is 37.7. The van der Waals surface area contributed by atoms with E-state index in [2.05, 4.69) is 0 Å². The topological polar surface area (TPSA) is 197 Å². The van der Waals surface area contributed by atoms with Crippen LogP contribution >= 0.6 is 0 Å². The van der Waals surface area contributed by atoms with Crippen molar-refractivity contribution < 1.29 is 190 Å². The van der Waals surface area contributed by atoms with Crippen LogP contribution in [0.25, 0.3) is 0 Å². The van der Waals surface area contributed by atoms with E-state index in [-0.39, 0.29) is 175 Å². The number of rotatable bonds is 7. The number of carbonyl (C=O) groups excluding carboxylic acids is 3. The Balaban J connectivity index is 0.00000972. The molecule has 0 bridgehead atoms. The third-order valence-electron chi connectivity index (χ3n) is 11.3.